The lowest BCUT2D eigenvalue weighted by Gasteiger charge is -2.35. The number of methoxy groups -OCH3 is 2. The van der Waals surface area contributed by atoms with Crippen molar-refractivity contribution in [1.29, 1.82) is 0 Å². The van der Waals surface area contributed by atoms with Crippen molar-refractivity contribution in [2.24, 2.45) is 5.92 Å². The quantitative estimate of drug-likeness (QED) is 0.442. The fourth-order valence-corrected chi connectivity index (χ4v) is 5.70. The van der Waals surface area contributed by atoms with Crippen LogP contribution in [0.4, 0.5) is 0 Å². The van der Waals surface area contributed by atoms with Crippen molar-refractivity contribution in [3.8, 4) is 11.5 Å². The van der Waals surface area contributed by atoms with Crippen molar-refractivity contribution in [2.45, 2.75) is 32.1 Å². The number of likely N-dealkylation sites (tertiary alicyclic amines) is 1. The number of carbonyl (C=O) groups excluding carboxylic acids is 1. The third kappa shape index (κ3) is 5.96. The van der Waals surface area contributed by atoms with E-state index in [1.165, 1.54) is 34.7 Å². The molecule has 1 atom stereocenters. The Bertz CT molecular complexity index is 1200. The van der Waals surface area contributed by atoms with Gasteiger partial charge in [0.1, 0.15) is 0 Å². The molecule has 192 valence electrons. The largest absolute Gasteiger partial charge is 0.493 e. The zero-order chi connectivity index (χ0) is 24.2. The SMILES string of the molecule is COc1cc2c(cc1OC)CC(=O)N(CC1CCCN(CCc3ccc4ccccc4c3)C1)CC2.Cl. The summed E-state index contributed by atoms with van der Waals surface area (Å²) in [6.45, 7) is 4.94. The van der Waals surface area contributed by atoms with Gasteiger partial charge in [0.15, 0.2) is 11.5 Å². The number of amides is 1. The fraction of sp³-hybridized carbons (Fsp3) is 0.433. The van der Waals surface area contributed by atoms with E-state index in [1.807, 2.05) is 12.1 Å². The number of carbonyl (C=O) groups is 1. The molecule has 1 fully saturated rings. The molecule has 2 aliphatic heterocycles. The Morgan fingerprint density at radius 3 is 2.44 bits per heavy atom. The summed E-state index contributed by atoms with van der Waals surface area (Å²) in [5.74, 6) is 2.20. The van der Waals surface area contributed by atoms with Crippen LogP contribution in [-0.4, -0.2) is 62.7 Å². The van der Waals surface area contributed by atoms with Crippen molar-refractivity contribution in [3.05, 3.63) is 71.3 Å². The van der Waals surface area contributed by atoms with Gasteiger partial charge >= 0.3 is 0 Å². The molecule has 36 heavy (non-hydrogen) atoms. The third-order valence-corrected chi connectivity index (χ3v) is 7.66. The van der Waals surface area contributed by atoms with Crippen molar-refractivity contribution >= 4 is 29.1 Å². The monoisotopic (exact) mass is 508 g/mol. The van der Waals surface area contributed by atoms with Crippen molar-refractivity contribution in [3.63, 3.8) is 0 Å². The van der Waals surface area contributed by atoms with Gasteiger partial charge in [0.25, 0.3) is 0 Å². The molecule has 0 N–H and O–H groups in total. The second-order valence-electron chi connectivity index (χ2n) is 9.98. The fourth-order valence-electron chi connectivity index (χ4n) is 5.70. The molecule has 3 aromatic rings. The second kappa shape index (κ2) is 12.0. The lowest BCUT2D eigenvalue weighted by atomic mass is 9.96. The van der Waals surface area contributed by atoms with E-state index in [2.05, 4.69) is 52.3 Å². The van der Waals surface area contributed by atoms with Gasteiger partial charge in [-0.2, -0.15) is 0 Å². The van der Waals surface area contributed by atoms with Crippen molar-refractivity contribution in [1.82, 2.24) is 9.80 Å². The van der Waals surface area contributed by atoms with Crippen LogP contribution in [0, 0.1) is 5.92 Å². The molecule has 5 rings (SSSR count). The highest BCUT2D eigenvalue weighted by molar-refractivity contribution is 5.85. The van der Waals surface area contributed by atoms with Gasteiger partial charge in [-0.3, -0.25) is 4.79 Å². The summed E-state index contributed by atoms with van der Waals surface area (Å²) in [7, 11) is 3.30. The minimum absolute atomic E-state index is 0. The lowest BCUT2D eigenvalue weighted by Crippen LogP contribution is -2.44. The van der Waals surface area contributed by atoms with E-state index in [0.29, 0.717) is 18.1 Å². The van der Waals surface area contributed by atoms with Gasteiger partial charge in [-0.15, -0.1) is 12.4 Å². The van der Waals surface area contributed by atoms with E-state index in [1.54, 1.807) is 14.2 Å². The lowest BCUT2D eigenvalue weighted by molar-refractivity contribution is -0.131. The molecule has 1 saturated heterocycles. The molecule has 0 bridgehead atoms. The molecular weight excluding hydrogens is 472 g/mol. The number of ether oxygens (including phenoxy) is 2. The van der Waals surface area contributed by atoms with Crippen molar-refractivity contribution < 1.29 is 14.3 Å². The summed E-state index contributed by atoms with van der Waals surface area (Å²) in [5.41, 5.74) is 3.66. The molecule has 1 amide bonds. The number of benzene rings is 3. The van der Waals surface area contributed by atoms with Crippen LogP contribution in [0.5, 0.6) is 11.5 Å². The Labute approximate surface area is 220 Å². The minimum Gasteiger partial charge on any atom is -0.493 e. The van der Waals surface area contributed by atoms with Gasteiger partial charge in [-0.1, -0.05) is 42.5 Å². The van der Waals surface area contributed by atoms with Crippen LogP contribution in [0.2, 0.25) is 0 Å². The van der Waals surface area contributed by atoms with Gasteiger partial charge in [0, 0.05) is 26.2 Å². The second-order valence-corrected chi connectivity index (χ2v) is 9.98. The molecule has 2 aliphatic rings. The maximum Gasteiger partial charge on any atom is 0.227 e. The summed E-state index contributed by atoms with van der Waals surface area (Å²) in [4.78, 5) is 17.8. The van der Waals surface area contributed by atoms with Gasteiger partial charge in [0.2, 0.25) is 5.91 Å². The van der Waals surface area contributed by atoms with Crippen LogP contribution in [0.3, 0.4) is 0 Å². The third-order valence-electron chi connectivity index (χ3n) is 7.66. The molecule has 0 saturated carbocycles. The summed E-state index contributed by atoms with van der Waals surface area (Å²) < 4.78 is 10.9. The Morgan fingerprint density at radius 2 is 1.67 bits per heavy atom. The highest BCUT2D eigenvalue weighted by Crippen LogP contribution is 2.32. The molecule has 5 nitrogen and oxygen atoms in total. The van der Waals surface area contributed by atoms with E-state index in [9.17, 15) is 4.79 Å². The molecular formula is C30H37ClN2O3. The first-order valence-electron chi connectivity index (χ1n) is 12.8. The molecule has 6 heteroatoms. The van der Waals surface area contributed by atoms with Gasteiger partial charge < -0.3 is 19.3 Å². The molecule has 0 radical (unpaired) electrons. The highest BCUT2D eigenvalue weighted by atomic mass is 35.5. The number of hydrogen-bond acceptors (Lipinski definition) is 4. The number of rotatable bonds is 7. The predicted octanol–water partition coefficient (Wildman–Crippen LogP) is 5.16. The first kappa shape index (κ1) is 26.3. The highest BCUT2D eigenvalue weighted by Gasteiger charge is 2.27. The standard InChI is InChI=1S/C30H36N2O3.ClH/c1-34-28-17-26-12-15-32(30(33)19-27(26)18-29(28)35-2)21-23-6-5-13-31(20-23)14-11-22-9-10-24-7-3-4-8-25(24)16-22;/h3-4,7-10,16-18,23H,5-6,11-15,19-21H2,1-2H3;1H. The van der Waals surface area contributed by atoms with Crippen molar-refractivity contribution in [2.75, 3.05) is 46.9 Å². The minimum atomic E-state index is 0. The number of halogens is 1. The average molecular weight is 509 g/mol. The zero-order valence-electron chi connectivity index (χ0n) is 21.4. The van der Waals surface area contributed by atoms with Gasteiger partial charge in [-0.25, -0.2) is 0 Å². The van der Waals surface area contributed by atoms with E-state index in [0.717, 1.165) is 56.9 Å². The summed E-state index contributed by atoms with van der Waals surface area (Å²) in [6.07, 6.45) is 4.77. The first-order chi connectivity index (χ1) is 17.1. The molecule has 1 unspecified atom stereocenters. The van der Waals surface area contributed by atoms with Gasteiger partial charge in [0.05, 0.1) is 20.6 Å². The Balaban J connectivity index is 0.00000304. The number of nitrogens with zero attached hydrogens (tertiary/aromatic N) is 2. The van der Waals surface area contributed by atoms with E-state index in [-0.39, 0.29) is 18.3 Å². The summed E-state index contributed by atoms with van der Waals surface area (Å²) in [6, 6.07) is 19.4. The van der Waals surface area contributed by atoms with Crippen LogP contribution in [0.1, 0.15) is 29.5 Å². The summed E-state index contributed by atoms with van der Waals surface area (Å²) in [5, 5.41) is 2.62. The van der Waals surface area contributed by atoms with Crippen LogP contribution in [-0.2, 0) is 24.1 Å². The maximum atomic E-state index is 13.1. The molecule has 0 spiro atoms. The first-order valence-corrected chi connectivity index (χ1v) is 12.8. The smallest absolute Gasteiger partial charge is 0.227 e. The zero-order valence-corrected chi connectivity index (χ0v) is 22.2. The number of hydrogen-bond donors (Lipinski definition) is 0. The number of piperidine rings is 1. The number of fused-ring (bicyclic) bond motifs is 2. The van der Waals surface area contributed by atoms with E-state index < -0.39 is 0 Å². The average Bonchev–Trinajstić information content (AvgIpc) is 3.04. The predicted molar refractivity (Wildman–Crippen MR) is 148 cm³/mol. The normalized spacial score (nSPS) is 18.3. The Hall–Kier alpha value is -2.76. The topological polar surface area (TPSA) is 42.0 Å². The van der Waals surface area contributed by atoms with Crippen LogP contribution in [0.25, 0.3) is 10.8 Å². The van der Waals surface area contributed by atoms with E-state index >= 15 is 0 Å². The maximum absolute atomic E-state index is 13.1. The van der Waals surface area contributed by atoms with E-state index in [4.69, 9.17) is 9.47 Å². The molecule has 3 aromatic carbocycles. The Morgan fingerprint density at radius 1 is 0.917 bits per heavy atom. The molecule has 0 aromatic heterocycles. The van der Waals surface area contributed by atoms with Crippen LogP contribution >= 0.6 is 12.4 Å². The van der Waals surface area contributed by atoms with Crippen LogP contribution < -0.4 is 9.47 Å². The summed E-state index contributed by atoms with van der Waals surface area (Å²) >= 11 is 0. The molecule has 2 heterocycles. The molecule has 0 aliphatic carbocycles. The van der Waals surface area contributed by atoms with Gasteiger partial charge in [-0.05, 0) is 77.7 Å². The Kier molecular flexibility index (Phi) is 8.76. The van der Waals surface area contributed by atoms with Crippen LogP contribution in [0.15, 0.2) is 54.6 Å².